The third-order valence-electron chi connectivity index (χ3n) is 5.58. The molecule has 0 spiro atoms. The van der Waals surface area contributed by atoms with Crippen molar-refractivity contribution in [2.45, 2.75) is 51.7 Å². The number of nitrogens with zero attached hydrogens (tertiary/aromatic N) is 3. The summed E-state index contributed by atoms with van der Waals surface area (Å²) < 4.78 is 1.82. The summed E-state index contributed by atoms with van der Waals surface area (Å²) in [5, 5.41) is 8.37. The van der Waals surface area contributed by atoms with Gasteiger partial charge in [-0.25, -0.2) is 4.68 Å². The van der Waals surface area contributed by atoms with Crippen molar-refractivity contribution in [3.8, 4) is 0 Å². The molecule has 1 aliphatic rings. The maximum Gasteiger partial charge on any atom is 0.248 e. The fourth-order valence-electron chi connectivity index (χ4n) is 3.80. The number of anilines is 1. The molecule has 7 nitrogen and oxygen atoms in total. The number of H-pyrrole nitrogens is 1. The smallest absolute Gasteiger partial charge is 0.248 e. The van der Waals surface area contributed by atoms with Gasteiger partial charge in [-0.3, -0.25) is 9.59 Å². The Morgan fingerprint density at radius 2 is 2.18 bits per heavy atom. The molecule has 0 aliphatic carbocycles. The molecule has 1 saturated heterocycles. The molecule has 1 aromatic carbocycles. The van der Waals surface area contributed by atoms with Crippen LogP contribution < -0.4 is 5.32 Å². The van der Waals surface area contributed by atoms with Crippen LogP contribution in [0.1, 0.15) is 44.7 Å². The van der Waals surface area contributed by atoms with Crippen molar-refractivity contribution in [3.05, 3.63) is 48.3 Å². The molecule has 2 aromatic heterocycles. The molecule has 2 amide bonds. The van der Waals surface area contributed by atoms with E-state index in [0.29, 0.717) is 25.2 Å². The van der Waals surface area contributed by atoms with Crippen molar-refractivity contribution < 1.29 is 9.59 Å². The van der Waals surface area contributed by atoms with Crippen LogP contribution in [0.4, 0.5) is 5.82 Å². The van der Waals surface area contributed by atoms with Gasteiger partial charge in [-0.05, 0) is 31.4 Å². The maximum absolute atomic E-state index is 13.0. The van der Waals surface area contributed by atoms with E-state index in [9.17, 15) is 9.59 Å². The van der Waals surface area contributed by atoms with Crippen LogP contribution in [-0.4, -0.2) is 37.5 Å². The topological polar surface area (TPSA) is 83.0 Å². The van der Waals surface area contributed by atoms with Crippen LogP contribution in [0, 0.1) is 0 Å². The molecule has 28 heavy (non-hydrogen) atoms. The van der Waals surface area contributed by atoms with Gasteiger partial charge in [0.25, 0.3) is 0 Å². The van der Waals surface area contributed by atoms with Gasteiger partial charge in [0, 0.05) is 36.1 Å². The number of amides is 2. The molecule has 1 aliphatic heterocycles. The van der Waals surface area contributed by atoms with Crippen molar-refractivity contribution in [2.75, 3.05) is 5.32 Å². The van der Waals surface area contributed by atoms with E-state index < -0.39 is 6.04 Å². The lowest BCUT2D eigenvalue weighted by molar-refractivity contribution is -0.133. The van der Waals surface area contributed by atoms with E-state index in [4.69, 9.17) is 0 Å². The van der Waals surface area contributed by atoms with Crippen molar-refractivity contribution in [3.63, 3.8) is 0 Å². The molecule has 4 rings (SSSR count). The van der Waals surface area contributed by atoms with Gasteiger partial charge in [0.15, 0.2) is 0 Å². The fraction of sp³-hybridized carbons (Fsp3) is 0.381. The number of aromatic nitrogens is 3. The first-order valence-electron chi connectivity index (χ1n) is 9.77. The Hall–Kier alpha value is -3.09. The fourth-order valence-corrected chi connectivity index (χ4v) is 3.80. The zero-order chi connectivity index (χ0) is 19.7. The molecule has 3 heterocycles. The molecule has 7 heteroatoms. The van der Waals surface area contributed by atoms with Crippen molar-refractivity contribution in [1.29, 1.82) is 0 Å². The van der Waals surface area contributed by atoms with Crippen LogP contribution in [0.2, 0.25) is 0 Å². The summed E-state index contributed by atoms with van der Waals surface area (Å²) in [4.78, 5) is 30.4. The van der Waals surface area contributed by atoms with Crippen molar-refractivity contribution >= 4 is 28.5 Å². The van der Waals surface area contributed by atoms with Crippen LogP contribution in [0.5, 0.6) is 0 Å². The summed E-state index contributed by atoms with van der Waals surface area (Å²) in [6.45, 7) is 4.56. The van der Waals surface area contributed by atoms with Gasteiger partial charge in [-0.15, -0.1) is 0 Å². The normalized spacial score (nSPS) is 18.0. The number of rotatable bonds is 6. The average Bonchev–Trinajstić information content (AvgIpc) is 3.42. The standard InChI is InChI=1S/C21H25N5O2/c1-3-14(2)26-19(10-11-23-26)24-21(28)18-8-9-20(27)25(18)13-15-12-22-17-7-5-4-6-16(15)17/h4-7,10-12,14,18,22H,3,8-9,13H2,1-2H3,(H,24,28). The van der Waals surface area contributed by atoms with Crippen LogP contribution in [0.25, 0.3) is 10.9 Å². The maximum atomic E-state index is 13.0. The van der Waals surface area contributed by atoms with E-state index in [0.717, 1.165) is 22.9 Å². The Labute approximate surface area is 163 Å². The van der Waals surface area contributed by atoms with E-state index in [1.807, 2.05) is 35.1 Å². The second-order valence-corrected chi connectivity index (χ2v) is 7.34. The zero-order valence-electron chi connectivity index (χ0n) is 16.2. The lowest BCUT2D eigenvalue weighted by Crippen LogP contribution is -2.41. The summed E-state index contributed by atoms with van der Waals surface area (Å²) in [7, 11) is 0. The third kappa shape index (κ3) is 3.28. The minimum atomic E-state index is -0.471. The van der Waals surface area contributed by atoms with Gasteiger partial charge in [0.1, 0.15) is 11.9 Å². The number of nitrogens with one attached hydrogen (secondary N) is 2. The number of hydrogen-bond acceptors (Lipinski definition) is 3. The molecule has 2 N–H and O–H groups in total. The Morgan fingerprint density at radius 3 is 3.00 bits per heavy atom. The van der Waals surface area contributed by atoms with E-state index in [1.165, 1.54) is 0 Å². The summed E-state index contributed by atoms with van der Waals surface area (Å²) in [6, 6.07) is 9.50. The molecule has 146 valence electrons. The third-order valence-corrected chi connectivity index (χ3v) is 5.58. The predicted molar refractivity (Wildman–Crippen MR) is 108 cm³/mol. The van der Waals surface area contributed by atoms with Gasteiger partial charge in [0.05, 0.1) is 12.2 Å². The largest absolute Gasteiger partial charge is 0.361 e. The second-order valence-electron chi connectivity index (χ2n) is 7.34. The monoisotopic (exact) mass is 379 g/mol. The van der Waals surface area contributed by atoms with Gasteiger partial charge >= 0.3 is 0 Å². The minimum Gasteiger partial charge on any atom is -0.361 e. The number of carbonyl (C=O) groups excluding carboxylic acids is 2. The number of likely N-dealkylation sites (tertiary alicyclic amines) is 1. The highest BCUT2D eigenvalue weighted by Gasteiger charge is 2.36. The minimum absolute atomic E-state index is 0.0147. The van der Waals surface area contributed by atoms with Gasteiger partial charge in [0.2, 0.25) is 11.8 Å². The second kappa shape index (κ2) is 7.50. The Bertz CT molecular complexity index is 1010. The zero-order valence-corrected chi connectivity index (χ0v) is 16.2. The molecule has 3 aromatic rings. The number of aromatic amines is 1. The highest BCUT2D eigenvalue weighted by molar-refractivity contribution is 5.98. The highest BCUT2D eigenvalue weighted by atomic mass is 16.2. The number of hydrogen-bond donors (Lipinski definition) is 2. The summed E-state index contributed by atoms with van der Waals surface area (Å²) in [5.41, 5.74) is 2.05. The van der Waals surface area contributed by atoms with Gasteiger partial charge in [-0.2, -0.15) is 5.10 Å². The van der Waals surface area contributed by atoms with Crippen LogP contribution in [0.15, 0.2) is 42.7 Å². The van der Waals surface area contributed by atoms with Crippen LogP contribution >= 0.6 is 0 Å². The Morgan fingerprint density at radius 1 is 1.36 bits per heavy atom. The molecule has 0 saturated carbocycles. The molecular formula is C21H25N5O2. The number of fused-ring (bicyclic) bond motifs is 1. The van der Waals surface area contributed by atoms with Crippen molar-refractivity contribution in [2.24, 2.45) is 0 Å². The van der Waals surface area contributed by atoms with Gasteiger partial charge < -0.3 is 15.2 Å². The van der Waals surface area contributed by atoms with Crippen LogP contribution in [0.3, 0.4) is 0 Å². The summed E-state index contributed by atoms with van der Waals surface area (Å²) in [6.07, 6.45) is 5.45. The number of benzene rings is 1. The molecule has 2 atom stereocenters. The average molecular weight is 379 g/mol. The van der Waals surface area contributed by atoms with Gasteiger partial charge in [-0.1, -0.05) is 25.1 Å². The van der Waals surface area contributed by atoms with Crippen LogP contribution in [-0.2, 0) is 16.1 Å². The first kappa shape index (κ1) is 18.3. The summed E-state index contributed by atoms with van der Waals surface area (Å²) >= 11 is 0. The van der Waals surface area contributed by atoms with E-state index in [-0.39, 0.29) is 17.9 Å². The van der Waals surface area contributed by atoms with E-state index >= 15 is 0 Å². The molecule has 1 fully saturated rings. The highest BCUT2D eigenvalue weighted by Crippen LogP contribution is 2.26. The SMILES string of the molecule is CCC(C)n1nccc1NC(=O)C1CCC(=O)N1Cc1c[nH]c2ccccc12. The van der Waals surface area contributed by atoms with E-state index in [2.05, 4.69) is 29.2 Å². The molecular weight excluding hydrogens is 354 g/mol. The molecule has 0 radical (unpaired) electrons. The predicted octanol–water partition coefficient (Wildman–Crippen LogP) is 3.47. The summed E-state index contributed by atoms with van der Waals surface area (Å²) in [5.74, 6) is 0.530. The lowest BCUT2D eigenvalue weighted by Gasteiger charge is -2.24. The first-order valence-corrected chi connectivity index (χ1v) is 9.77. The Balaban J connectivity index is 1.53. The first-order chi connectivity index (χ1) is 13.6. The molecule has 0 bridgehead atoms. The number of para-hydroxylation sites is 1. The Kier molecular flexibility index (Phi) is 4.90. The van der Waals surface area contributed by atoms with Crippen molar-refractivity contribution in [1.82, 2.24) is 19.7 Å². The van der Waals surface area contributed by atoms with E-state index in [1.54, 1.807) is 17.2 Å². The number of carbonyl (C=O) groups is 2. The lowest BCUT2D eigenvalue weighted by atomic mass is 10.1. The molecule has 2 unspecified atom stereocenters. The quantitative estimate of drug-likeness (QED) is 0.688.